The van der Waals surface area contributed by atoms with Crippen LogP contribution in [0, 0.1) is 6.92 Å². The summed E-state index contributed by atoms with van der Waals surface area (Å²) in [4.78, 5) is 16.7. The summed E-state index contributed by atoms with van der Waals surface area (Å²) in [6, 6.07) is 1.94. The fourth-order valence-corrected chi connectivity index (χ4v) is 2.44. The van der Waals surface area contributed by atoms with E-state index in [1.54, 1.807) is 15.7 Å². The zero-order valence-electron chi connectivity index (χ0n) is 7.82. The lowest BCUT2D eigenvalue weighted by Crippen LogP contribution is -2.18. The van der Waals surface area contributed by atoms with Gasteiger partial charge in [0.2, 0.25) is 0 Å². The van der Waals surface area contributed by atoms with E-state index in [0.717, 1.165) is 16.2 Å². The standard InChI is InChI=1S/C9H9BrN2OS/c1-5-4-14-8-3-7(6(2)10)11-9(13)12(5)8/h3-4,6H,1-2H3. The highest BCUT2D eigenvalue weighted by molar-refractivity contribution is 9.09. The molecule has 0 aliphatic rings. The Hall–Kier alpha value is -0.680. The third-order valence-electron chi connectivity index (χ3n) is 2.02. The third-order valence-corrected chi connectivity index (χ3v) is 3.49. The first kappa shape index (κ1) is 9.86. The van der Waals surface area contributed by atoms with Crippen LogP contribution >= 0.6 is 27.3 Å². The van der Waals surface area contributed by atoms with Crippen molar-refractivity contribution in [3.8, 4) is 0 Å². The maximum absolute atomic E-state index is 11.6. The molecule has 1 unspecified atom stereocenters. The van der Waals surface area contributed by atoms with Crippen LogP contribution in [0.2, 0.25) is 0 Å². The quantitative estimate of drug-likeness (QED) is 0.748. The van der Waals surface area contributed by atoms with Crippen LogP contribution in [0.25, 0.3) is 4.83 Å². The van der Waals surface area contributed by atoms with Gasteiger partial charge in [-0.3, -0.25) is 4.40 Å². The summed E-state index contributed by atoms with van der Waals surface area (Å²) in [6.45, 7) is 3.86. The molecule has 0 aliphatic carbocycles. The number of halogens is 1. The predicted molar refractivity (Wildman–Crippen MR) is 61.4 cm³/mol. The number of hydrogen-bond acceptors (Lipinski definition) is 3. The second kappa shape index (κ2) is 3.47. The highest BCUT2D eigenvalue weighted by Gasteiger charge is 2.08. The van der Waals surface area contributed by atoms with Gasteiger partial charge in [-0.15, -0.1) is 11.3 Å². The van der Waals surface area contributed by atoms with Gasteiger partial charge >= 0.3 is 5.69 Å². The van der Waals surface area contributed by atoms with Gasteiger partial charge < -0.3 is 0 Å². The number of fused-ring (bicyclic) bond motifs is 1. The van der Waals surface area contributed by atoms with Crippen LogP contribution in [0.4, 0.5) is 0 Å². The molecular weight excluding hydrogens is 264 g/mol. The van der Waals surface area contributed by atoms with Crippen LogP contribution in [0.3, 0.4) is 0 Å². The number of aromatic nitrogens is 2. The van der Waals surface area contributed by atoms with Crippen molar-refractivity contribution < 1.29 is 0 Å². The second-order valence-electron chi connectivity index (χ2n) is 3.13. The zero-order chi connectivity index (χ0) is 10.3. The van der Waals surface area contributed by atoms with Crippen molar-refractivity contribution in [1.29, 1.82) is 0 Å². The minimum absolute atomic E-state index is 0.114. The molecule has 2 aromatic heterocycles. The number of alkyl halides is 1. The van der Waals surface area contributed by atoms with Crippen LogP contribution in [0.5, 0.6) is 0 Å². The number of nitrogens with zero attached hydrogens (tertiary/aromatic N) is 2. The molecule has 14 heavy (non-hydrogen) atoms. The molecular formula is C9H9BrN2OS. The molecule has 74 valence electrons. The minimum Gasteiger partial charge on any atom is -0.255 e. The van der Waals surface area contributed by atoms with Gasteiger partial charge in [0.15, 0.2) is 0 Å². The molecule has 3 nitrogen and oxygen atoms in total. The lowest BCUT2D eigenvalue weighted by Gasteiger charge is -2.02. The summed E-state index contributed by atoms with van der Waals surface area (Å²) in [6.07, 6.45) is 0. The van der Waals surface area contributed by atoms with Crippen molar-refractivity contribution in [1.82, 2.24) is 9.38 Å². The van der Waals surface area contributed by atoms with Crippen molar-refractivity contribution in [2.24, 2.45) is 0 Å². The Kier molecular flexibility index (Phi) is 2.45. The molecule has 2 rings (SSSR count). The predicted octanol–water partition coefficient (Wildman–Crippen LogP) is 2.52. The summed E-state index contributed by atoms with van der Waals surface area (Å²) in [5.41, 5.74) is 1.54. The largest absolute Gasteiger partial charge is 0.353 e. The molecule has 2 heterocycles. The van der Waals surface area contributed by atoms with E-state index in [1.165, 1.54) is 0 Å². The Labute approximate surface area is 93.5 Å². The van der Waals surface area contributed by atoms with Crippen LogP contribution in [0.1, 0.15) is 23.1 Å². The number of thiazole rings is 1. The molecule has 1 atom stereocenters. The summed E-state index contributed by atoms with van der Waals surface area (Å²) in [7, 11) is 0. The fourth-order valence-electron chi connectivity index (χ4n) is 1.29. The zero-order valence-corrected chi connectivity index (χ0v) is 10.2. The average Bonchev–Trinajstić information content (AvgIpc) is 2.48. The van der Waals surface area contributed by atoms with Gasteiger partial charge in [-0.05, 0) is 19.9 Å². The van der Waals surface area contributed by atoms with Crippen LogP contribution in [0.15, 0.2) is 16.2 Å². The number of rotatable bonds is 1. The number of hydrogen-bond donors (Lipinski definition) is 0. The molecule has 2 aromatic rings. The maximum atomic E-state index is 11.6. The Morgan fingerprint density at radius 2 is 2.36 bits per heavy atom. The summed E-state index contributed by atoms with van der Waals surface area (Å²) in [5, 5.41) is 1.96. The Bertz CT molecular complexity index is 529. The summed E-state index contributed by atoms with van der Waals surface area (Å²) >= 11 is 4.96. The van der Waals surface area contributed by atoms with Gasteiger partial charge in [0.25, 0.3) is 0 Å². The van der Waals surface area contributed by atoms with Gasteiger partial charge in [-0.1, -0.05) is 15.9 Å². The molecule has 0 fully saturated rings. The molecule has 0 amide bonds. The maximum Gasteiger partial charge on any atom is 0.353 e. The Balaban J connectivity index is 2.81. The van der Waals surface area contributed by atoms with Crippen molar-refractivity contribution in [3.63, 3.8) is 0 Å². The second-order valence-corrected chi connectivity index (χ2v) is 5.39. The van der Waals surface area contributed by atoms with Crippen molar-refractivity contribution in [2.45, 2.75) is 18.7 Å². The van der Waals surface area contributed by atoms with E-state index in [1.807, 2.05) is 25.3 Å². The molecule has 0 aliphatic heterocycles. The lowest BCUT2D eigenvalue weighted by atomic mass is 10.3. The molecule has 0 aromatic carbocycles. The Morgan fingerprint density at radius 1 is 1.64 bits per heavy atom. The van der Waals surface area contributed by atoms with Gasteiger partial charge in [0.1, 0.15) is 4.83 Å². The highest BCUT2D eigenvalue weighted by Crippen LogP contribution is 2.21. The molecule has 0 radical (unpaired) electrons. The van der Waals surface area contributed by atoms with Crippen LogP contribution < -0.4 is 5.69 Å². The average molecular weight is 273 g/mol. The topological polar surface area (TPSA) is 34.4 Å². The van der Waals surface area contributed by atoms with E-state index in [9.17, 15) is 4.79 Å². The van der Waals surface area contributed by atoms with Crippen molar-refractivity contribution in [3.05, 3.63) is 33.3 Å². The first-order valence-electron chi connectivity index (χ1n) is 4.21. The smallest absolute Gasteiger partial charge is 0.255 e. The molecule has 0 N–H and O–H groups in total. The van der Waals surface area contributed by atoms with Gasteiger partial charge in [-0.2, -0.15) is 4.98 Å². The normalized spacial score (nSPS) is 13.4. The van der Waals surface area contributed by atoms with Gasteiger partial charge in [0.05, 0.1) is 10.5 Å². The molecule has 0 saturated heterocycles. The van der Waals surface area contributed by atoms with E-state index in [0.29, 0.717) is 0 Å². The molecule has 0 bridgehead atoms. The Morgan fingerprint density at radius 3 is 3.00 bits per heavy atom. The van der Waals surface area contributed by atoms with E-state index in [-0.39, 0.29) is 10.5 Å². The van der Waals surface area contributed by atoms with Crippen LogP contribution in [-0.2, 0) is 0 Å². The fraction of sp³-hybridized carbons (Fsp3) is 0.333. The van der Waals surface area contributed by atoms with Crippen molar-refractivity contribution >= 4 is 32.1 Å². The van der Waals surface area contributed by atoms with Crippen molar-refractivity contribution in [2.75, 3.05) is 0 Å². The van der Waals surface area contributed by atoms with E-state index >= 15 is 0 Å². The van der Waals surface area contributed by atoms with E-state index in [2.05, 4.69) is 20.9 Å². The van der Waals surface area contributed by atoms with Crippen LogP contribution in [-0.4, -0.2) is 9.38 Å². The SMILES string of the molecule is Cc1csc2cc(C(C)Br)nc(=O)n12. The third kappa shape index (κ3) is 1.50. The molecule has 0 saturated carbocycles. The molecule has 5 heteroatoms. The van der Waals surface area contributed by atoms with E-state index in [4.69, 9.17) is 0 Å². The molecule has 0 spiro atoms. The van der Waals surface area contributed by atoms with Gasteiger partial charge in [0, 0.05) is 11.1 Å². The van der Waals surface area contributed by atoms with E-state index < -0.39 is 0 Å². The summed E-state index contributed by atoms with van der Waals surface area (Å²) in [5.74, 6) is 0. The van der Waals surface area contributed by atoms with Gasteiger partial charge in [-0.25, -0.2) is 4.79 Å². The summed E-state index contributed by atoms with van der Waals surface area (Å²) < 4.78 is 1.63. The minimum atomic E-state index is -0.192. The lowest BCUT2D eigenvalue weighted by molar-refractivity contribution is 0.909. The highest BCUT2D eigenvalue weighted by atomic mass is 79.9. The first-order valence-corrected chi connectivity index (χ1v) is 6.01. The monoisotopic (exact) mass is 272 g/mol. The first-order chi connectivity index (χ1) is 6.59. The number of aryl methyl sites for hydroxylation is 1.